The summed E-state index contributed by atoms with van der Waals surface area (Å²) < 4.78 is 1.96. The Kier molecular flexibility index (Phi) is 6.12. The summed E-state index contributed by atoms with van der Waals surface area (Å²) in [5.41, 5.74) is 0.560. The normalized spacial score (nSPS) is 12.0. The van der Waals surface area contributed by atoms with Gasteiger partial charge >= 0.3 is 6.03 Å². The first-order valence-corrected chi connectivity index (χ1v) is 7.56. The van der Waals surface area contributed by atoms with Crippen LogP contribution in [0.2, 0.25) is 10.0 Å². The highest BCUT2D eigenvalue weighted by molar-refractivity contribution is 6.34. The van der Waals surface area contributed by atoms with E-state index >= 15 is 0 Å². The Balaban J connectivity index is 1.73. The van der Waals surface area contributed by atoms with E-state index in [4.69, 9.17) is 23.2 Å². The molecule has 0 saturated heterocycles. The molecule has 1 unspecified atom stereocenters. The van der Waals surface area contributed by atoms with Crippen molar-refractivity contribution in [1.29, 1.82) is 0 Å². The van der Waals surface area contributed by atoms with Gasteiger partial charge in [0, 0.05) is 42.1 Å². The van der Waals surface area contributed by atoms with E-state index in [9.17, 15) is 9.90 Å². The van der Waals surface area contributed by atoms with Crippen molar-refractivity contribution in [3.8, 4) is 0 Å². The number of carbonyl (C=O) groups excluding carboxylic acids is 1. The molecule has 1 aromatic carbocycles. The lowest BCUT2D eigenvalue weighted by Crippen LogP contribution is -2.39. The van der Waals surface area contributed by atoms with Gasteiger partial charge in [0.2, 0.25) is 0 Å². The molecule has 0 saturated carbocycles. The average molecular weight is 342 g/mol. The molecule has 7 heteroatoms. The number of amides is 2. The second-order valence-electron chi connectivity index (χ2n) is 4.78. The Bertz CT molecular complexity index is 597. The lowest BCUT2D eigenvalue weighted by atomic mass is 10.1. The first-order chi connectivity index (χ1) is 10.5. The number of aromatic nitrogens is 1. The molecule has 0 aliphatic carbocycles. The summed E-state index contributed by atoms with van der Waals surface area (Å²) in [4.78, 5) is 11.6. The lowest BCUT2D eigenvalue weighted by Gasteiger charge is -2.14. The number of urea groups is 1. The fraction of sp³-hybridized carbons (Fsp3) is 0.267. The summed E-state index contributed by atoms with van der Waals surface area (Å²) in [7, 11) is 0. The van der Waals surface area contributed by atoms with Gasteiger partial charge in [-0.15, -0.1) is 0 Å². The third-order valence-corrected chi connectivity index (χ3v) is 3.48. The highest BCUT2D eigenvalue weighted by Crippen LogP contribution is 2.23. The highest BCUT2D eigenvalue weighted by Gasteiger charge is 2.11. The van der Waals surface area contributed by atoms with Gasteiger partial charge in [-0.05, 0) is 35.9 Å². The third-order valence-electron chi connectivity index (χ3n) is 3.05. The minimum Gasteiger partial charge on any atom is -0.387 e. The van der Waals surface area contributed by atoms with Gasteiger partial charge in [0.1, 0.15) is 0 Å². The molecule has 1 aromatic heterocycles. The van der Waals surface area contributed by atoms with Crippen molar-refractivity contribution in [2.24, 2.45) is 0 Å². The molecule has 2 amide bonds. The van der Waals surface area contributed by atoms with E-state index in [0.717, 1.165) is 0 Å². The quantitative estimate of drug-likeness (QED) is 0.756. The zero-order valence-corrected chi connectivity index (χ0v) is 13.3. The molecule has 0 bridgehead atoms. The summed E-state index contributed by atoms with van der Waals surface area (Å²) in [5, 5.41) is 16.2. The molecule has 0 fully saturated rings. The van der Waals surface area contributed by atoms with Crippen molar-refractivity contribution in [2.45, 2.75) is 12.6 Å². The number of hydrogen-bond donors (Lipinski definition) is 3. The standard InChI is InChI=1S/C15H17Cl2N3O2/c16-12-7-11(8-13(17)9-12)14(21)10-19-15(22)18-3-6-20-4-1-2-5-20/h1-2,4-5,7-9,14,21H,3,6,10H2,(H2,18,19,22). The van der Waals surface area contributed by atoms with Crippen LogP contribution in [0.1, 0.15) is 11.7 Å². The molecule has 0 radical (unpaired) electrons. The van der Waals surface area contributed by atoms with Crippen molar-refractivity contribution >= 4 is 29.2 Å². The summed E-state index contributed by atoms with van der Waals surface area (Å²) in [6.45, 7) is 1.26. The van der Waals surface area contributed by atoms with Crippen molar-refractivity contribution in [1.82, 2.24) is 15.2 Å². The van der Waals surface area contributed by atoms with Crippen LogP contribution in [0.25, 0.3) is 0 Å². The van der Waals surface area contributed by atoms with Gasteiger partial charge in [0.05, 0.1) is 6.10 Å². The monoisotopic (exact) mass is 341 g/mol. The highest BCUT2D eigenvalue weighted by atomic mass is 35.5. The van der Waals surface area contributed by atoms with E-state index in [1.165, 1.54) is 0 Å². The van der Waals surface area contributed by atoms with Crippen molar-refractivity contribution in [2.75, 3.05) is 13.1 Å². The van der Waals surface area contributed by atoms with E-state index < -0.39 is 6.10 Å². The van der Waals surface area contributed by atoms with Crippen LogP contribution in [-0.2, 0) is 6.54 Å². The van der Waals surface area contributed by atoms with Crippen LogP contribution in [0.4, 0.5) is 4.79 Å². The van der Waals surface area contributed by atoms with E-state index in [-0.39, 0.29) is 12.6 Å². The lowest BCUT2D eigenvalue weighted by molar-refractivity contribution is 0.173. The van der Waals surface area contributed by atoms with E-state index in [1.807, 2.05) is 29.1 Å². The number of benzene rings is 1. The van der Waals surface area contributed by atoms with Gasteiger partial charge < -0.3 is 20.3 Å². The molecule has 0 aliphatic heterocycles. The molecular formula is C15H17Cl2N3O2. The van der Waals surface area contributed by atoms with Crippen LogP contribution in [-0.4, -0.2) is 28.8 Å². The maximum atomic E-state index is 11.6. The first kappa shape index (κ1) is 16.7. The molecular weight excluding hydrogens is 325 g/mol. The van der Waals surface area contributed by atoms with Crippen LogP contribution in [0.15, 0.2) is 42.7 Å². The number of carbonyl (C=O) groups is 1. The predicted octanol–water partition coefficient (Wildman–Crippen LogP) is 2.83. The molecule has 22 heavy (non-hydrogen) atoms. The van der Waals surface area contributed by atoms with Crippen LogP contribution >= 0.6 is 23.2 Å². The molecule has 2 aromatic rings. The number of nitrogens with zero attached hydrogens (tertiary/aromatic N) is 1. The SMILES string of the molecule is O=C(NCCn1cccc1)NCC(O)c1cc(Cl)cc(Cl)c1. The molecule has 3 N–H and O–H groups in total. The van der Waals surface area contributed by atoms with Crippen molar-refractivity contribution < 1.29 is 9.90 Å². The Morgan fingerprint density at radius 1 is 1.14 bits per heavy atom. The van der Waals surface area contributed by atoms with Crippen molar-refractivity contribution in [3.63, 3.8) is 0 Å². The zero-order valence-electron chi connectivity index (χ0n) is 11.8. The van der Waals surface area contributed by atoms with Crippen LogP contribution < -0.4 is 10.6 Å². The number of aliphatic hydroxyl groups is 1. The number of hydrogen-bond acceptors (Lipinski definition) is 2. The number of nitrogens with one attached hydrogen (secondary N) is 2. The Morgan fingerprint density at radius 2 is 1.77 bits per heavy atom. The zero-order chi connectivity index (χ0) is 15.9. The predicted molar refractivity (Wildman–Crippen MR) is 87.3 cm³/mol. The van der Waals surface area contributed by atoms with Gasteiger partial charge in [-0.2, -0.15) is 0 Å². The minimum atomic E-state index is -0.869. The molecule has 1 heterocycles. The maximum absolute atomic E-state index is 11.6. The second kappa shape index (κ2) is 8.08. The molecule has 0 aliphatic rings. The van der Waals surface area contributed by atoms with Gasteiger partial charge in [-0.25, -0.2) is 4.79 Å². The molecule has 2 rings (SSSR count). The Hall–Kier alpha value is -1.69. The summed E-state index contributed by atoms with van der Waals surface area (Å²) in [6, 6.07) is 8.33. The molecule has 5 nitrogen and oxygen atoms in total. The van der Waals surface area contributed by atoms with Gasteiger partial charge in [0.15, 0.2) is 0 Å². The van der Waals surface area contributed by atoms with E-state index in [0.29, 0.717) is 28.7 Å². The number of aliphatic hydroxyl groups excluding tert-OH is 1. The smallest absolute Gasteiger partial charge is 0.314 e. The summed E-state index contributed by atoms with van der Waals surface area (Å²) >= 11 is 11.8. The largest absolute Gasteiger partial charge is 0.387 e. The summed E-state index contributed by atoms with van der Waals surface area (Å²) in [5.74, 6) is 0. The topological polar surface area (TPSA) is 66.3 Å². The Morgan fingerprint density at radius 3 is 2.41 bits per heavy atom. The van der Waals surface area contributed by atoms with Gasteiger partial charge in [-0.3, -0.25) is 0 Å². The van der Waals surface area contributed by atoms with Crippen molar-refractivity contribution in [3.05, 3.63) is 58.3 Å². The summed E-state index contributed by atoms with van der Waals surface area (Å²) in [6.07, 6.45) is 2.98. The third kappa shape index (κ3) is 5.26. The average Bonchev–Trinajstić information content (AvgIpc) is 2.97. The Labute approximate surface area is 138 Å². The van der Waals surface area contributed by atoms with Gasteiger partial charge in [0.25, 0.3) is 0 Å². The molecule has 0 spiro atoms. The maximum Gasteiger partial charge on any atom is 0.314 e. The number of halogens is 2. The molecule has 118 valence electrons. The van der Waals surface area contributed by atoms with Gasteiger partial charge in [-0.1, -0.05) is 23.2 Å². The fourth-order valence-corrected chi connectivity index (χ4v) is 2.50. The van der Waals surface area contributed by atoms with Crippen LogP contribution in [0.3, 0.4) is 0 Å². The fourth-order valence-electron chi connectivity index (χ4n) is 1.96. The second-order valence-corrected chi connectivity index (χ2v) is 5.65. The van der Waals surface area contributed by atoms with E-state index in [1.54, 1.807) is 18.2 Å². The van der Waals surface area contributed by atoms with Crippen LogP contribution in [0.5, 0.6) is 0 Å². The first-order valence-electron chi connectivity index (χ1n) is 6.81. The van der Waals surface area contributed by atoms with Crippen LogP contribution in [0, 0.1) is 0 Å². The minimum absolute atomic E-state index is 0.0754. The molecule has 1 atom stereocenters. The van der Waals surface area contributed by atoms with E-state index in [2.05, 4.69) is 10.6 Å². The number of rotatable bonds is 6.